The summed E-state index contributed by atoms with van der Waals surface area (Å²) in [5, 5.41) is 19.9. The highest BCUT2D eigenvalue weighted by molar-refractivity contribution is 5.66. The van der Waals surface area contributed by atoms with Crippen molar-refractivity contribution in [2.24, 2.45) is 0 Å². The minimum Gasteiger partial charge on any atom is -0.459 e. The van der Waals surface area contributed by atoms with Crippen LogP contribution in [0, 0.1) is 10.1 Å². The molecule has 19 heavy (non-hydrogen) atoms. The third-order valence-electron chi connectivity index (χ3n) is 2.80. The molecule has 1 fully saturated rings. The van der Waals surface area contributed by atoms with Gasteiger partial charge in [-0.25, -0.2) is 4.57 Å². The van der Waals surface area contributed by atoms with E-state index in [1.807, 2.05) is 0 Å². The number of carbonyl (C=O) groups is 1. The van der Waals surface area contributed by atoms with Crippen LogP contribution in [0.25, 0.3) is 0 Å². The molecule has 104 valence electrons. The van der Waals surface area contributed by atoms with Crippen LogP contribution in [0.15, 0.2) is 12.4 Å². The van der Waals surface area contributed by atoms with Gasteiger partial charge in [0.1, 0.15) is 24.6 Å². The molecule has 0 amide bonds. The van der Waals surface area contributed by atoms with Crippen molar-refractivity contribution >= 4 is 11.9 Å². The first-order chi connectivity index (χ1) is 9.02. The number of ether oxygens (including phenoxy) is 2. The summed E-state index contributed by atoms with van der Waals surface area (Å²) >= 11 is 0. The Labute approximate surface area is 107 Å². The van der Waals surface area contributed by atoms with Gasteiger partial charge in [-0.05, 0) is 4.92 Å². The Morgan fingerprint density at radius 3 is 3.11 bits per heavy atom. The molecule has 1 N–H and O–H groups in total. The van der Waals surface area contributed by atoms with Gasteiger partial charge in [-0.2, -0.15) is 0 Å². The number of hydrogen-bond acceptors (Lipinski definition) is 7. The van der Waals surface area contributed by atoms with Crippen LogP contribution in [0.2, 0.25) is 0 Å². The Hall–Kier alpha value is -2.00. The van der Waals surface area contributed by atoms with E-state index >= 15 is 0 Å². The molecule has 1 aliphatic heterocycles. The molecule has 0 aliphatic carbocycles. The van der Waals surface area contributed by atoms with Gasteiger partial charge in [0.25, 0.3) is 0 Å². The highest BCUT2D eigenvalue weighted by Gasteiger charge is 2.41. The number of rotatable bonds is 4. The van der Waals surface area contributed by atoms with Crippen LogP contribution in [-0.4, -0.2) is 44.4 Å². The molecule has 0 spiro atoms. The summed E-state index contributed by atoms with van der Waals surface area (Å²) in [6.07, 6.45) is 0.902. The summed E-state index contributed by atoms with van der Waals surface area (Å²) in [4.78, 5) is 24.7. The molecule has 3 atom stereocenters. The fourth-order valence-electron chi connectivity index (χ4n) is 2.04. The molecule has 2 rings (SSSR count). The normalized spacial score (nSPS) is 26.3. The summed E-state index contributed by atoms with van der Waals surface area (Å²) in [5.41, 5.74) is 0. The SMILES string of the molecule is CC(=O)OC1CC(n2ccnc2[N+](=O)[O-])OC1CO. The van der Waals surface area contributed by atoms with Crippen molar-refractivity contribution < 1.29 is 24.3 Å². The van der Waals surface area contributed by atoms with Crippen molar-refractivity contribution in [1.82, 2.24) is 9.55 Å². The van der Waals surface area contributed by atoms with Gasteiger partial charge >= 0.3 is 11.9 Å². The molecule has 1 aromatic heterocycles. The highest BCUT2D eigenvalue weighted by atomic mass is 16.6. The number of carbonyl (C=O) groups excluding carboxylic acids is 1. The third-order valence-corrected chi connectivity index (χ3v) is 2.80. The Morgan fingerprint density at radius 1 is 1.79 bits per heavy atom. The topological polar surface area (TPSA) is 117 Å². The average molecular weight is 271 g/mol. The molecule has 9 nitrogen and oxygen atoms in total. The first-order valence-corrected chi connectivity index (χ1v) is 5.63. The fraction of sp³-hybridized carbons (Fsp3) is 0.600. The van der Waals surface area contributed by atoms with Gasteiger partial charge in [0.15, 0.2) is 6.23 Å². The number of imidazole rings is 1. The maximum Gasteiger partial charge on any atom is 0.436 e. The lowest BCUT2D eigenvalue weighted by Gasteiger charge is -2.14. The zero-order chi connectivity index (χ0) is 14.0. The Morgan fingerprint density at radius 2 is 2.53 bits per heavy atom. The van der Waals surface area contributed by atoms with E-state index in [1.54, 1.807) is 0 Å². The largest absolute Gasteiger partial charge is 0.459 e. The van der Waals surface area contributed by atoms with Crippen LogP contribution in [-0.2, 0) is 14.3 Å². The van der Waals surface area contributed by atoms with Gasteiger partial charge in [-0.1, -0.05) is 4.98 Å². The van der Waals surface area contributed by atoms with Crippen LogP contribution in [0.4, 0.5) is 5.95 Å². The zero-order valence-electron chi connectivity index (χ0n) is 10.1. The third kappa shape index (κ3) is 2.71. The summed E-state index contributed by atoms with van der Waals surface area (Å²) in [6, 6.07) is 0. The number of nitrogens with zero attached hydrogens (tertiary/aromatic N) is 3. The van der Waals surface area contributed by atoms with Crippen LogP contribution < -0.4 is 0 Å². The van der Waals surface area contributed by atoms with Crippen molar-refractivity contribution in [2.45, 2.75) is 31.8 Å². The number of esters is 1. The fourth-order valence-corrected chi connectivity index (χ4v) is 2.04. The number of aromatic nitrogens is 2. The smallest absolute Gasteiger partial charge is 0.436 e. The van der Waals surface area contributed by atoms with Gasteiger partial charge in [-0.15, -0.1) is 0 Å². The zero-order valence-corrected chi connectivity index (χ0v) is 10.1. The minimum atomic E-state index is -0.698. The number of aliphatic hydroxyl groups excluding tert-OH is 1. The van der Waals surface area contributed by atoms with Crippen molar-refractivity contribution in [3.05, 3.63) is 22.5 Å². The lowest BCUT2D eigenvalue weighted by molar-refractivity contribution is -0.398. The molecule has 0 bridgehead atoms. The quantitative estimate of drug-likeness (QED) is 0.465. The van der Waals surface area contributed by atoms with E-state index in [1.165, 1.54) is 23.9 Å². The van der Waals surface area contributed by atoms with Crippen molar-refractivity contribution in [1.29, 1.82) is 0 Å². The van der Waals surface area contributed by atoms with E-state index in [0.717, 1.165) is 0 Å². The molecule has 0 aromatic carbocycles. The molecule has 2 heterocycles. The Bertz CT molecular complexity index is 487. The minimum absolute atomic E-state index is 0.224. The molecule has 1 aromatic rings. The molecular formula is C10H13N3O6. The molecule has 9 heteroatoms. The van der Waals surface area contributed by atoms with Gasteiger partial charge in [0.2, 0.25) is 0 Å². The summed E-state index contributed by atoms with van der Waals surface area (Å²) in [7, 11) is 0. The van der Waals surface area contributed by atoms with Crippen LogP contribution in [0.3, 0.4) is 0 Å². The monoisotopic (exact) mass is 271 g/mol. The van der Waals surface area contributed by atoms with Crippen LogP contribution >= 0.6 is 0 Å². The van der Waals surface area contributed by atoms with Crippen LogP contribution in [0.5, 0.6) is 0 Å². The lowest BCUT2D eigenvalue weighted by atomic mass is 10.2. The second kappa shape index (κ2) is 5.33. The maximum atomic E-state index is 10.9. The van der Waals surface area contributed by atoms with Crippen LogP contribution in [0.1, 0.15) is 19.6 Å². The van der Waals surface area contributed by atoms with Crippen molar-refractivity contribution in [3.63, 3.8) is 0 Å². The summed E-state index contributed by atoms with van der Waals surface area (Å²) < 4.78 is 11.7. The summed E-state index contributed by atoms with van der Waals surface area (Å²) in [5.74, 6) is -0.849. The molecule has 1 saturated heterocycles. The molecular weight excluding hydrogens is 258 g/mol. The molecule has 0 saturated carbocycles. The van der Waals surface area contributed by atoms with E-state index in [4.69, 9.17) is 14.6 Å². The number of aliphatic hydroxyl groups is 1. The predicted octanol–water partition coefficient (Wildman–Crippen LogP) is 0.00280. The van der Waals surface area contributed by atoms with E-state index in [-0.39, 0.29) is 19.0 Å². The van der Waals surface area contributed by atoms with E-state index in [9.17, 15) is 14.9 Å². The molecule has 1 aliphatic rings. The standard InChI is InChI=1S/C10H13N3O6/c1-6(15)18-7-4-9(19-8(7)5-14)12-3-2-11-10(12)13(16)17/h2-3,7-9,14H,4-5H2,1H3. The number of hydrogen-bond donors (Lipinski definition) is 1. The molecule has 3 unspecified atom stereocenters. The second-order valence-corrected chi connectivity index (χ2v) is 4.09. The average Bonchev–Trinajstić information content (AvgIpc) is 2.93. The van der Waals surface area contributed by atoms with Gasteiger partial charge < -0.3 is 24.7 Å². The van der Waals surface area contributed by atoms with E-state index in [0.29, 0.717) is 0 Å². The van der Waals surface area contributed by atoms with Gasteiger partial charge in [0, 0.05) is 13.3 Å². The van der Waals surface area contributed by atoms with Crippen molar-refractivity contribution in [3.8, 4) is 0 Å². The van der Waals surface area contributed by atoms with E-state index < -0.39 is 29.3 Å². The second-order valence-electron chi connectivity index (χ2n) is 4.09. The van der Waals surface area contributed by atoms with E-state index in [2.05, 4.69) is 4.98 Å². The molecule has 0 radical (unpaired) electrons. The van der Waals surface area contributed by atoms with Gasteiger partial charge in [0.05, 0.1) is 6.61 Å². The first-order valence-electron chi connectivity index (χ1n) is 5.63. The van der Waals surface area contributed by atoms with Crippen molar-refractivity contribution in [2.75, 3.05) is 6.61 Å². The summed E-state index contributed by atoms with van der Waals surface area (Å²) in [6.45, 7) is 0.915. The first kappa shape index (κ1) is 13.4. The Balaban J connectivity index is 2.16. The predicted molar refractivity (Wildman–Crippen MR) is 60.0 cm³/mol. The lowest BCUT2D eigenvalue weighted by Crippen LogP contribution is -2.29. The maximum absolute atomic E-state index is 10.9. The number of nitro groups is 1. The highest BCUT2D eigenvalue weighted by Crippen LogP contribution is 2.32. The Kier molecular flexibility index (Phi) is 3.76. The van der Waals surface area contributed by atoms with Gasteiger partial charge in [-0.3, -0.25) is 4.79 Å².